The molecule has 0 spiro atoms. The Kier molecular flexibility index (Phi) is 6.22. The Morgan fingerprint density at radius 1 is 1.07 bits per heavy atom. The molecule has 0 radical (unpaired) electrons. The van der Waals surface area contributed by atoms with E-state index >= 15 is 0 Å². The zero-order valence-corrected chi connectivity index (χ0v) is 9.24. The molecule has 0 aromatic carbocycles. The van der Waals surface area contributed by atoms with Crippen LogP contribution in [0.15, 0.2) is 35.5 Å². The van der Waals surface area contributed by atoms with Gasteiger partial charge in [0.2, 0.25) is 0 Å². The number of aliphatic imine (C=N–C) groups is 2. The van der Waals surface area contributed by atoms with E-state index in [4.69, 9.17) is 12.2 Å². The van der Waals surface area contributed by atoms with Crippen LogP contribution in [-0.2, 0) is 0 Å². The van der Waals surface area contributed by atoms with Gasteiger partial charge in [0, 0.05) is 26.5 Å². The molecule has 0 amide bonds. The van der Waals surface area contributed by atoms with Crippen molar-refractivity contribution in [3.63, 3.8) is 0 Å². The van der Waals surface area contributed by atoms with Crippen LogP contribution in [0.4, 0.5) is 0 Å². The largest absolute Gasteiger partial charge is 0.285 e. The van der Waals surface area contributed by atoms with Crippen molar-refractivity contribution in [3.05, 3.63) is 25.6 Å². The van der Waals surface area contributed by atoms with Gasteiger partial charge < -0.3 is 0 Å². The van der Waals surface area contributed by atoms with Crippen LogP contribution >= 0.6 is 12.2 Å². The van der Waals surface area contributed by atoms with Crippen LogP contribution in [0.5, 0.6) is 0 Å². The van der Waals surface area contributed by atoms with Crippen molar-refractivity contribution in [2.45, 2.75) is 0 Å². The predicted molar refractivity (Wildman–Crippen MR) is 65.5 cm³/mol. The lowest BCUT2D eigenvalue weighted by atomic mass is 10.7. The number of hydrogen-bond donors (Lipinski definition) is 0. The molecule has 0 N–H and O–H groups in total. The van der Waals surface area contributed by atoms with E-state index in [1.165, 1.54) is 0 Å². The van der Waals surface area contributed by atoms with Crippen LogP contribution in [0, 0.1) is 0 Å². The Morgan fingerprint density at radius 3 is 1.64 bits per heavy atom. The quantitative estimate of drug-likeness (QED) is 0.400. The highest BCUT2D eigenvalue weighted by molar-refractivity contribution is 7.80. The van der Waals surface area contributed by atoms with Crippen LogP contribution in [0.1, 0.15) is 0 Å². The molecule has 0 aromatic heterocycles. The lowest BCUT2D eigenvalue weighted by Gasteiger charge is -2.21. The first-order valence-electron chi connectivity index (χ1n) is 3.91. The molecule has 0 aromatic rings. The fourth-order valence-corrected chi connectivity index (χ4v) is 0.975. The minimum atomic E-state index is 0.492. The van der Waals surface area contributed by atoms with E-state index in [0.717, 1.165) is 0 Å². The summed E-state index contributed by atoms with van der Waals surface area (Å²) in [6.07, 6.45) is 6.26. The SMILES string of the molecule is C=CN(C=NC)C(=S)N(C=C)C=NC. The lowest BCUT2D eigenvalue weighted by molar-refractivity contribution is 0.724. The molecule has 5 heteroatoms. The van der Waals surface area contributed by atoms with Crippen LogP contribution in [0.3, 0.4) is 0 Å². The van der Waals surface area contributed by atoms with Crippen LogP contribution in [0.2, 0.25) is 0 Å². The molecular weight excluding hydrogens is 196 g/mol. The van der Waals surface area contributed by atoms with Crippen molar-refractivity contribution in [1.29, 1.82) is 0 Å². The zero-order valence-electron chi connectivity index (χ0n) is 8.42. The van der Waals surface area contributed by atoms with Crippen molar-refractivity contribution in [1.82, 2.24) is 9.80 Å². The van der Waals surface area contributed by atoms with Crippen molar-refractivity contribution in [2.24, 2.45) is 9.98 Å². The van der Waals surface area contributed by atoms with Crippen molar-refractivity contribution < 1.29 is 0 Å². The highest BCUT2D eigenvalue weighted by Crippen LogP contribution is 1.96. The molecule has 0 rings (SSSR count). The van der Waals surface area contributed by atoms with E-state index in [-0.39, 0.29) is 0 Å². The lowest BCUT2D eigenvalue weighted by Crippen LogP contribution is -2.35. The summed E-state index contributed by atoms with van der Waals surface area (Å²) in [5.41, 5.74) is 0. The van der Waals surface area contributed by atoms with Gasteiger partial charge in [-0.1, -0.05) is 13.2 Å². The normalized spacial score (nSPS) is 10.4. The second-order valence-corrected chi connectivity index (χ2v) is 2.57. The molecule has 0 aliphatic heterocycles. The summed E-state index contributed by atoms with van der Waals surface area (Å²) < 4.78 is 0. The maximum absolute atomic E-state index is 5.15. The highest BCUT2D eigenvalue weighted by atomic mass is 32.1. The zero-order chi connectivity index (χ0) is 11.0. The number of hydrogen-bond acceptors (Lipinski definition) is 3. The number of thiocarbonyl (C=S) groups is 1. The Balaban J connectivity index is 4.69. The van der Waals surface area contributed by atoms with E-state index < -0.39 is 0 Å². The molecule has 0 fully saturated rings. The first kappa shape index (κ1) is 12.5. The van der Waals surface area contributed by atoms with Gasteiger partial charge in [0.25, 0.3) is 0 Å². The summed E-state index contributed by atoms with van der Waals surface area (Å²) in [6.45, 7) is 7.24. The fourth-order valence-electron chi connectivity index (χ4n) is 0.731. The second kappa shape index (κ2) is 6.97. The van der Waals surface area contributed by atoms with Gasteiger partial charge in [-0.15, -0.1) is 0 Å². The van der Waals surface area contributed by atoms with Gasteiger partial charge in [0.15, 0.2) is 5.11 Å². The van der Waals surface area contributed by atoms with Crippen LogP contribution in [0.25, 0.3) is 0 Å². The third-order valence-electron chi connectivity index (χ3n) is 1.31. The first-order chi connectivity index (χ1) is 6.71. The fraction of sp³-hybridized carbons (Fsp3) is 0.222. The molecule has 14 heavy (non-hydrogen) atoms. The molecule has 0 heterocycles. The monoisotopic (exact) mass is 210 g/mol. The average molecular weight is 210 g/mol. The van der Waals surface area contributed by atoms with Gasteiger partial charge in [-0.3, -0.25) is 19.8 Å². The Bertz CT molecular complexity index is 244. The first-order valence-corrected chi connectivity index (χ1v) is 4.32. The molecule has 4 nitrogen and oxygen atoms in total. The van der Waals surface area contributed by atoms with Gasteiger partial charge in [0.1, 0.15) is 0 Å². The molecule has 0 unspecified atom stereocenters. The van der Waals surface area contributed by atoms with Crippen molar-refractivity contribution in [3.8, 4) is 0 Å². The summed E-state index contributed by atoms with van der Waals surface area (Å²) in [6, 6.07) is 0. The molecule has 76 valence electrons. The van der Waals surface area contributed by atoms with Gasteiger partial charge >= 0.3 is 0 Å². The number of rotatable bonds is 4. The molecule has 0 bridgehead atoms. The minimum Gasteiger partial charge on any atom is -0.285 e. The van der Waals surface area contributed by atoms with E-state index in [1.807, 2.05) is 0 Å². The summed E-state index contributed by atoms with van der Waals surface area (Å²) in [7, 11) is 3.32. The Labute approximate surface area is 89.9 Å². The van der Waals surface area contributed by atoms with E-state index in [1.54, 1.807) is 49.0 Å². The van der Waals surface area contributed by atoms with E-state index in [0.29, 0.717) is 5.11 Å². The maximum atomic E-state index is 5.15. The topological polar surface area (TPSA) is 31.2 Å². The van der Waals surface area contributed by atoms with E-state index in [9.17, 15) is 0 Å². The van der Waals surface area contributed by atoms with Crippen LogP contribution in [-0.4, -0.2) is 41.7 Å². The molecular formula is C9H14N4S. The standard InChI is InChI=1S/C9H14N4S/c1-5-12(7-10-3)9(14)13(6-2)8-11-4/h5-8H,1-2H2,3-4H3. The molecule has 0 saturated carbocycles. The summed E-state index contributed by atoms with van der Waals surface area (Å²) >= 11 is 5.15. The number of nitrogens with zero attached hydrogens (tertiary/aromatic N) is 4. The smallest absolute Gasteiger partial charge is 0.190 e. The summed E-state index contributed by atoms with van der Waals surface area (Å²) in [5.74, 6) is 0. The highest BCUT2D eigenvalue weighted by Gasteiger charge is 2.07. The third-order valence-corrected chi connectivity index (χ3v) is 1.74. The van der Waals surface area contributed by atoms with Crippen molar-refractivity contribution >= 4 is 30.0 Å². The van der Waals surface area contributed by atoms with Gasteiger partial charge in [-0.25, -0.2) is 0 Å². The minimum absolute atomic E-state index is 0.492. The molecule has 0 aliphatic carbocycles. The Morgan fingerprint density at radius 2 is 1.43 bits per heavy atom. The summed E-state index contributed by atoms with van der Waals surface area (Å²) in [5, 5.41) is 0.492. The van der Waals surface area contributed by atoms with Gasteiger partial charge in [0.05, 0.1) is 12.7 Å². The maximum Gasteiger partial charge on any atom is 0.190 e. The van der Waals surface area contributed by atoms with Crippen LogP contribution < -0.4 is 0 Å². The molecule has 0 atom stereocenters. The van der Waals surface area contributed by atoms with Crippen molar-refractivity contribution in [2.75, 3.05) is 14.1 Å². The molecule has 0 aliphatic rings. The third kappa shape index (κ3) is 3.49. The predicted octanol–water partition coefficient (Wildman–Crippen LogP) is 1.48. The molecule has 0 saturated heterocycles. The van der Waals surface area contributed by atoms with Gasteiger partial charge in [-0.2, -0.15) is 0 Å². The Hall–Kier alpha value is -1.49. The van der Waals surface area contributed by atoms with E-state index in [2.05, 4.69) is 23.1 Å². The average Bonchev–Trinajstić information content (AvgIpc) is 2.21. The van der Waals surface area contributed by atoms with Gasteiger partial charge in [-0.05, 0) is 12.2 Å². The second-order valence-electron chi connectivity index (χ2n) is 2.21. The summed E-state index contributed by atoms with van der Waals surface area (Å²) in [4.78, 5) is 10.9.